The zero-order valence-corrected chi connectivity index (χ0v) is 10.7. The Labute approximate surface area is 107 Å². The van der Waals surface area contributed by atoms with Crippen LogP contribution in [0.15, 0.2) is 18.3 Å². The third-order valence-electron chi connectivity index (χ3n) is 3.26. The summed E-state index contributed by atoms with van der Waals surface area (Å²) in [6, 6.07) is 6.07. The van der Waals surface area contributed by atoms with E-state index in [2.05, 4.69) is 16.0 Å². The highest BCUT2D eigenvalue weighted by Gasteiger charge is 2.32. The number of nitriles is 1. The predicted octanol–water partition coefficient (Wildman–Crippen LogP) is 1.19. The summed E-state index contributed by atoms with van der Waals surface area (Å²) in [4.78, 5) is 6.21. The van der Waals surface area contributed by atoms with Gasteiger partial charge in [-0.05, 0) is 18.6 Å². The van der Waals surface area contributed by atoms with E-state index in [0.29, 0.717) is 12.3 Å². The molecular formula is C13H17N3O2. The van der Waals surface area contributed by atoms with Crippen molar-refractivity contribution in [3.05, 3.63) is 24.0 Å². The molecule has 0 amide bonds. The third-order valence-corrected chi connectivity index (χ3v) is 3.26. The maximum absolute atomic E-state index is 8.89. The first-order valence-corrected chi connectivity index (χ1v) is 5.93. The molecule has 0 saturated carbocycles. The van der Waals surface area contributed by atoms with Gasteiger partial charge in [0.2, 0.25) is 0 Å². The fourth-order valence-electron chi connectivity index (χ4n) is 2.37. The molecule has 0 aliphatic carbocycles. The topological polar surface area (TPSA) is 58.4 Å². The number of hydrogen-bond acceptors (Lipinski definition) is 5. The zero-order valence-electron chi connectivity index (χ0n) is 10.7. The quantitative estimate of drug-likeness (QED) is 0.800. The van der Waals surface area contributed by atoms with Crippen LogP contribution in [0.4, 0.5) is 5.69 Å². The summed E-state index contributed by atoms with van der Waals surface area (Å²) < 4.78 is 10.7. The number of ether oxygens (including phenoxy) is 2. The summed E-state index contributed by atoms with van der Waals surface area (Å²) in [7, 11) is 3.43. The maximum Gasteiger partial charge on any atom is 0.142 e. The molecule has 96 valence electrons. The van der Waals surface area contributed by atoms with E-state index in [0.717, 1.165) is 18.7 Å². The number of aromatic nitrogens is 1. The Hall–Kier alpha value is -1.64. The van der Waals surface area contributed by atoms with Gasteiger partial charge in [-0.3, -0.25) is 0 Å². The minimum absolute atomic E-state index is 0.212. The maximum atomic E-state index is 8.89. The highest BCUT2D eigenvalue weighted by Crippen LogP contribution is 2.27. The summed E-state index contributed by atoms with van der Waals surface area (Å²) in [6.07, 6.45) is 2.82. The number of anilines is 1. The van der Waals surface area contributed by atoms with Gasteiger partial charge in [0.05, 0.1) is 18.8 Å². The van der Waals surface area contributed by atoms with Crippen LogP contribution in [0.2, 0.25) is 0 Å². The van der Waals surface area contributed by atoms with Gasteiger partial charge in [0.15, 0.2) is 0 Å². The van der Waals surface area contributed by atoms with Gasteiger partial charge in [0.1, 0.15) is 11.8 Å². The fraction of sp³-hybridized carbons (Fsp3) is 0.538. The van der Waals surface area contributed by atoms with Crippen LogP contribution in [0.25, 0.3) is 0 Å². The SMILES string of the molecule is COC[C@@H]1C[C@H](OC)CN1c1ccnc(C#N)c1. The van der Waals surface area contributed by atoms with Crippen LogP contribution in [0.1, 0.15) is 12.1 Å². The minimum Gasteiger partial charge on any atom is -0.383 e. The lowest BCUT2D eigenvalue weighted by Gasteiger charge is -2.25. The van der Waals surface area contributed by atoms with E-state index in [4.69, 9.17) is 14.7 Å². The molecule has 1 fully saturated rings. The smallest absolute Gasteiger partial charge is 0.142 e. The molecule has 1 aromatic rings. The highest BCUT2D eigenvalue weighted by molar-refractivity contribution is 5.51. The van der Waals surface area contributed by atoms with E-state index in [1.54, 1.807) is 26.5 Å². The molecule has 0 bridgehead atoms. The number of pyridine rings is 1. The Morgan fingerprint density at radius 1 is 1.56 bits per heavy atom. The largest absolute Gasteiger partial charge is 0.383 e. The van der Waals surface area contributed by atoms with Gasteiger partial charge in [0.25, 0.3) is 0 Å². The van der Waals surface area contributed by atoms with E-state index in [1.807, 2.05) is 6.07 Å². The average Bonchev–Trinajstić information content (AvgIpc) is 2.82. The van der Waals surface area contributed by atoms with Gasteiger partial charge < -0.3 is 14.4 Å². The number of methoxy groups -OCH3 is 2. The number of hydrogen-bond donors (Lipinski definition) is 0. The Balaban J connectivity index is 2.21. The van der Waals surface area contributed by atoms with Crippen LogP contribution >= 0.6 is 0 Å². The van der Waals surface area contributed by atoms with Crippen molar-refractivity contribution in [2.75, 3.05) is 32.3 Å². The summed E-state index contributed by atoms with van der Waals surface area (Å²) in [6.45, 7) is 1.48. The van der Waals surface area contributed by atoms with Crippen molar-refractivity contribution in [1.29, 1.82) is 5.26 Å². The van der Waals surface area contributed by atoms with Crippen LogP contribution in [-0.4, -0.2) is 44.5 Å². The first-order valence-electron chi connectivity index (χ1n) is 5.93. The molecule has 0 unspecified atom stereocenters. The standard InChI is InChI=1S/C13H17N3O2/c1-17-9-12-6-13(18-2)8-16(12)11-3-4-15-10(5-11)7-14/h3-5,12-13H,6,8-9H2,1-2H3/t12-,13-/m0/s1. The molecule has 0 radical (unpaired) electrons. The molecule has 18 heavy (non-hydrogen) atoms. The van der Waals surface area contributed by atoms with Gasteiger partial charge in [-0.25, -0.2) is 4.98 Å². The van der Waals surface area contributed by atoms with Gasteiger partial charge >= 0.3 is 0 Å². The first-order chi connectivity index (χ1) is 8.78. The fourth-order valence-corrected chi connectivity index (χ4v) is 2.37. The van der Waals surface area contributed by atoms with Crippen LogP contribution in [-0.2, 0) is 9.47 Å². The zero-order chi connectivity index (χ0) is 13.0. The molecule has 5 heteroatoms. The Bertz CT molecular complexity index is 444. The Morgan fingerprint density at radius 2 is 2.39 bits per heavy atom. The third kappa shape index (κ3) is 2.61. The molecule has 0 spiro atoms. The molecule has 1 aromatic heterocycles. The van der Waals surface area contributed by atoms with Crippen molar-refractivity contribution >= 4 is 5.69 Å². The van der Waals surface area contributed by atoms with Crippen molar-refractivity contribution < 1.29 is 9.47 Å². The molecule has 0 aromatic carbocycles. The van der Waals surface area contributed by atoms with E-state index >= 15 is 0 Å². The van der Waals surface area contributed by atoms with Crippen molar-refractivity contribution in [2.24, 2.45) is 0 Å². The van der Waals surface area contributed by atoms with E-state index in [-0.39, 0.29) is 12.1 Å². The minimum atomic E-state index is 0.212. The van der Waals surface area contributed by atoms with Gasteiger partial charge in [-0.1, -0.05) is 0 Å². The van der Waals surface area contributed by atoms with Gasteiger partial charge in [0, 0.05) is 32.6 Å². The van der Waals surface area contributed by atoms with E-state index in [9.17, 15) is 0 Å². The predicted molar refractivity (Wildman–Crippen MR) is 67.4 cm³/mol. The molecule has 2 atom stereocenters. The van der Waals surface area contributed by atoms with Crippen molar-refractivity contribution in [1.82, 2.24) is 4.98 Å². The molecule has 5 nitrogen and oxygen atoms in total. The molecule has 1 aliphatic rings. The van der Waals surface area contributed by atoms with E-state index < -0.39 is 0 Å². The van der Waals surface area contributed by atoms with Gasteiger partial charge in [-0.15, -0.1) is 0 Å². The van der Waals surface area contributed by atoms with Gasteiger partial charge in [-0.2, -0.15) is 5.26 Å². The average molecular weight is 247 g/mol. The van der Waals surface area contributed by atoms with Crippen molar-refractivity contribution in [3.63, 3.8) is 0 Å². The molecule has 1 saturated heterocycles. The molecular weight excluding hydrogens is 230 g/mol. The molecule has 2 rings (SSSR count). The first kappa shape index (κ1) is 12.8. The molecule has 2 heterocycles. The van der Waals surface area contributed by atoms with Crippen LogP contribution in [0, 0.1) is 11.3 Å². The van der Waals surface area contributed by atoms with E-state index in [1.165, 1.54) is 0 Å². The summed E-state index contributed by atoms with van der Waals surface area (Å²) >= 11 is 0. The number of rotatable bonds is 4. The normalized spacial score (nSPS) is 23.1. The van der Waals surface area contributed by atoms with Crippen LogP contribution < -0.4 is 4.90 Å². The van der Waals surface area contributed by atoms with Crippen molar-refractivity contribution in [2.45, 2.75) is 18.6 Å². The lowest BCUT2D eigenvalue weighted by Crippen LogP contribution is -2.33. The summed E-state index contributed by atoms with van der Waals surface area (Å²) in [5.41, 5.74) is 1.44. The van der Waals surface area contributed by atoms with Crippen LogP contribution in [0.3, 0.4) is 0 Å². The second-order valence-electron chi connectivity index (χ2n) is 4.37. The van der Waals surface area contributed by atoms with Crippen molar-refractivity contribution in [3.8, 4) is 6.07 Å². The second-order valence-corrected chi connectivity index (χ2v) is 4.37. The molecule has 1 aliphatic heterocycles. The second kappa shape index (κ2) is 5.80. The van der Waals surface area contributed by atoms with Crippen LogP contribution in [0.5, 0.6) is 0 Å². The molecule has 0 N–H and O–H groups in total. The lowest BCUT2D eigenvalue weighted by atomic mass is 10.2. The lowest BCUT2D eigenvalue weighted by molar-refractivity contribution is 0.111. The monoisotopic (exact) mass is 247 g/mol. The Morgan fingerprint density at radius 3 is 3.06 bits per heavy atom. The summed E-state index contributed by atoms with van der Waals surface area (Å²) in [5.74, 6) is 0. The summed E-state index contributed by atoms with van der Waals surface area (Å²) in [5, 5.41) is 8.89. The Kier molecular flexibility index (Phi) is 4.13. The number of nitrogens with zero attached hydrogens (tertiary/aromatic N) is 3. The highest BCUT2D eigenvalue weighted by atomic mass is 16.5.